The number of halogens is 1. The number of aliphatic hydroxyl groups excluding tert-OH is 1. The zero-order valence-electron chi connectivity index (χ0n) is 19.8. The third kappa shape index (κ3) is 3.09. The second-order valence-corrected chi connectivity index (χ2v) is 10.6. The molecule has 0 saturated heterocycles. The van der Waals surface area contributed by atoms with Gasteiger partial charge in [-0.15, -0.1) is 0 Å². The maximum atomic E-state index is 17.5. The van der Waals surface area contributed by atoms with Gasteiger partial charge in [0.05, 0.1) is 6.10 Å². The molecule has 0 bridgehead atoms. The molecule has 4 rings (SSSR count). The van der Waals surface area contributed by atoms with Crippen molar-refractivity contribution in [2.75, 3.05) is 6.61 Å². The average molecular weight is 479 g/mol. The summed E-state index contributed by atoms with van der Waals surface area (Å²) in [6.45, 7) is 4.83. The SMILES string of the molecule is CC(=O)OCC(=O)[C@]1(O)[C@H](O)C[C@@H]2[C@H]3CCC4=CC(=O)C=C[C@]4(C)[C@]3(F)[C@@H](OC(C)=O)C[C@@]21C. The first-order chi connectivity index (χ1) is 15.7. The van der Waals surface area contributed by atoms with Crippen molar-refractivity contribution >= 4 is 23.5 Å². The van der Waals surface area contributed by atoms with Gasteiger partial charge in [-0.25, -0.2) is 4.39 Å². The van der Waals surface area contributed by atoms with Crippen LogP contribution in [0.3, 0.4) is 0 Å². The van der Waals surface area contributed by atoms with E-state index in [4.69, 9.17) is 9.47 Å². The molecule has 0 aromatic carbocycles. The average Bonchev–Trinajstić information content (AvgIpc) is 2.94. The van der Waals surface area contributed by atoms with E-state index in [0.717, 1.165) is 13.8 Å². The fraction of sp³-hybridized carbons (Fsp3) is 0.680. The lowest BCUT2D eigenvalue weighted by Crippen LogP contribution is -2.70. The summed E-state index contributed by atoms with van der Waals surface area (Å²) in [6.07, 6.45) is 1.84. The van der Waals surface area contributed by atoms with Crippen LogP contribution in [0.2, 0.25) is 0 Å². The minimum atomic E-state index is -2.32. The van der Waals surface area contributed by atoms with Gasteiger partial charge in [0, 0.05) is 30.6 Å². The Hall–Kier alpha value is -2.39. The number of hydrogen-bond acceptors (Lipinski definition) is 8. The van der Waals surface area contributed by atoms with Crippen molar-refractivity contribution in [1.29, 1.82) is 0 Å². The smallest absolute Gasteiger partial charge is 0.303 e. The van der Waals surface area contributed by atoms with Crippen LogP contribution < -0.4 is 0 Å². The Bertz CT molecular complexity index is 1020. The minimum Gasteiger partial charge on any atom is -0.459 e. The fourth-order valence-electron chi connectivity index (χ4n) is 7.30. The zero-order valence-corrected chi connectivity index (χ0v) is 19.8. The number of carbonyl (C=O) groups is 4. The third-order valence-electron chi connectivity index (χ3n) is 8.98. The molecule has 0 aromatic rings. The Morgan fingerprint density at radius 2 is 1.85 bits per heavy atom. The van der Waals surface area contributed by atoms with Crippen LogP contribution >= 0.6 is 0 Å². The van der Waals surface area contributed by atoms with Gasteiger partial charge in [-0.05, 0) is 50.7 Å². The quantitative estimate of drug-likeness (QED) is 0.586. The van der Waals surface area contributed by atoms with Crippen LogP contribution in [0, 0.1) is 22.7 Å². The lowest BCUT2D eigenvalue weighted by molar-refractivity contribution is -0.231. The fourth-order valence-corrected chi connectivity index (χ4v) is 7.30. The number of hydrogen-bond donors (Lipinski definition) is 2. The highest BCUT2D eigenvalue weighted by Gasteiger charge is 2.77. The van der Waals surface area contributed by atoms with Crippen molar-refractivity contribution in [3.8, 4) is 0 Å². The molecule has 186 valence electrons. The van der Waals surface area contributed by atoms with Crippen molar-refractivity contribution < 1.29 is 43.3 Å². The Morgan fingerprint density at radius 3 is 2.47 bits per heavy atom. The van der Waals surface area contributed by atoms with Crippen LogP contribution in [-0.4, -0.2) is 63.8 Å². The van der Waals surface area contributed by atoms with Crippen molar-refractivity contribution in [2.24, 2.45) is 22.7 Å². The first-order valence-electron chi connectivity index (χ1n) is 11.6. The molecule has 8 nitrogen and oxygen atoms in total. The van der Waals surface area contributed by atoms with Crippen molar-refractivity contribution in [3.63, 3.8) is 0 Å². The van der Waals surface area contributed by atoms with Crippen molar-refractivity contribution in [1.82, 2.24) is 0 Å². The summed E-state index contributed by atoms with van der Waals surface area (Å²) in [7, 11) is 0. The highest BCUT2D eigenvalue weighted by atomic mass is 19.1. The van der Waals surface area contributed by atoms with Crippen LogP contribution in [0.4, 0.5) is 4.39 Å². The number of aliphatic hydroxyl groups is 2. The normalized spacial score (nSPS) is 44.9. The molecule has 3 saturated carbocycles. The molecular weight excluding hydrogens is 447 g/mol. The van der Waals surface area contributed by atoms with Gasteiger partial charge in [0.2, 0.25) is 5.78 Å². The van der Waals surface area contributed by atoms with E-state index < -0.39 is 70.5 Å². The van der Waals surface area contributed by atoms with Gasteiger partial charge in [0.15, 0.2) is 23.7 Å². The van der Waals surface area contributed by atoms with Gasteiger partial charge < -0.3 is 19.7 Å². The van der Waals surface area contributed by atoms with Gasteiger partial charge in [-0.1, -0.05) is 18.6 Å². The summed E-state index contributed by atoms with van der Waals surface area (Å²) >= 11 is 0. The standard InChI is InChI=1S/C25H31FO8/c1-13(27)33-12-20(31)25(32)19(30)10-18-17-6-5-15-9-16(29)7-8-22(15,3)24(17,26)21(34-14(2)28)11-23(18,25)4/h7-9,17-19,21,30,32H,5-6,10-12H2,1-4H3/t17-,18-,19-,21+,22+,23+,24-,25-/m1/s1. The highest BCUT2D eigenvalue weighted by Crippen LogP contribution is 2.70. The molecule has 4 aliphatic carbocycles. The molecule has 0 aliphatic heterocycles. The van der Waals surface area contributed by atoms with Gasteiger partial charge >= 0.3 is 11.9 Å². The Balaban J connectivity index is 1.83. The molecule has 0 aromatic heterocycles. The lowest BCUT2D eigenvalue weighted by atomic mass is 9.44. The number of rotatable bonds is 4. The molecule has 0 unspecified atom stereocenters. The minimum absolute atomic E-state index is 0.0420. The van der Waals surface area contributed by atoms with Crippen LogP contribution in [0.25, 0.3) is 0 Å². The number of Topliss-reactive ketones (excluding diaryl/α,β-unsaturated/α-hetero) is 1. The molecule has 0 radical (unpaired) electrons. The Morgan fingerprint density at radius 1 is 1.18 bits per heavy atom. The highest BCUT2D eigenvalue weighted by molar-refractivity contribution is 6.01. The lowest BCUT2D eigenvalue weighted by Gasteiger charge is -2.62. The molecule has 3 fully saturated rings. The molecule has 0 heterocycles. The summed E-state index contributed by atoms with van der Waals surface area (Å²) < 4.78 is 27.9. The van der Waals surface area contributed by atoms with Crippen LogP contribution in [0.15, 0.2) is 23.8 Å². The van der Waals surface area contributed by atoms with Gasteiger partial charge in [0.1, 0.15) is 6.10 Å². The van der Waals surface area contributed by atoms with Crippen molar-refractivity contribution in [2.45, 2.75) is 76.9 Å². The predicted octanol–water partition coefficient (Wildman–Crippen LogP) is 1.76. The summed E-state index contributed by atoms with van der Waals surface area (Å²) in [5, 5.41) is 22.6. The van der Waals surface area contributed by atoms with Crippen LogP contribution in [-0.2, 0) is 28.7 Å². The van der Waals surface area contributed by atoms with Gasteiger partial charge in [0.25, 0.3) is 0 Å². The molecular formula is C25H31FO8. The number of fused-ring (bicyclic) bond motifs is 5. The van der Waals surface area contributed by atoms with E-state index in [1.807, 2.05) is 0 Å². The summed E-state index contributed by atoms with van der Waals surface area (Å²) in [5.74, 6) is -3.95. The largest absolute Gasteiger partial charge is 0.459 e. The first-order valence-corrected chi connectivity index (χ1v) is 11.6. The van der Waals surface area contributed by atoms with E-state index in [2.05, 4.69) is 0 Å². The van der Waals surface area contributed by atoms with Gasteiger partial charge in [-0.2, -0.15) is 0 Å². The maximum Gasteiger partial charge on any atom is 0.303 e. The summed E-state index contributed by atoms with van der Waals surface area (Å²) in [6, 6.07) is 0. The topological polar surface area (TPSA) is 127 Å². The van der Waals surface area contributed by atoms with Gasteiger partial charge in [-0.3, -0.25) is 19.2 Å². The first kappa shape index (κ1) is 24.7. The van der Waals surface area contributed by atoms with E-state index in [1.165, 1.54) is 18.2 Å². The number of esters is 2. The Labute approximate surface area is 197 Å². The number of ether oxygens (including phenoxy) is 2. The predicted molar refractivity (Wildman–Crippen MR) is 116 cm³/mol. The second-order valence-electron chi connectivity index (χ2n) is 10.6. The second kappa shape index (κ2) is 7.81. The summed E-state index contributed by atoms with van der Waals surface area (Å²) in [4.78, 5) is 48.4. The Kier molecular flexibility index (Phi) is 5.68. The molecule has 9 heteroatoms. The monoisotopic (exact) mass is 478 g/mol. The van der Waals surface area contributed by atoms with E-state index in [-0.39, 0.29) is 25.0 Å². The zero-order chi connectivity index (χ0) is 25.3. The van der Waals surface area contributed by atoms with E-state index >= 15 is 4.39 Å². The van der Waals surface area contributed by atoms with E-state index in [0.29, 0.717) is 12.0 Å². The molecule has 2 N–H and O–H groups in total. The van der Waals surface area contributed by atoms with E-state index in [1.54, 1.807) is 13.8 Å². The molecule has 8 atom stereocenters. The summed E-state index contributed by atoms with van der Waals surface area (Å²) in [5.41, 5.74) is -6.43. The molecule has 34 heavy (non-hydrogen) atoms. The number of ketones is 2. The molecule has 4 aliphatic rings. The van der Waals surface area contributed by atoms with E-state index in [9.17, 15) is 29.4 Å². The number of alkyl halides is 1. The number of allylic oxidation sites excluding steroid dienone is 4. The van der Waals surface area contributed by atoms with Crippen LogP contribution in [0.1, 0.15) is 53.4 Å². The van der Waals surface area contributed by atoms with Crippen LogP contribution in [0.5, 0.6) is 0 Å². The molecule has 0 amide bonds. The van der Waals surface area contributed by atoms with Crippen molar-refractivity contribution in [3.05, 3.63) is 23.8 Å². The molecule has 0 spiro atoms. The maximum absolute atomic E-state index is 17.5. The third-order valence-corrected chi connectivity index (χ3v) is 8.98. The number of carbonyl (C=O) groups excluding carboxylic acids is 4.